The minimum Gasteiger partial charge on any atom is -0.388 e. The molecule has 11 heteroatoms. The molecular formula is C59H86F2N6O3. The number of Topliss-reactive ketones (excluding diaryl/α,β-unsaturated/α-hetero) is 1. The van der Waals surface area contributed by atoms with Crippen molar-refractivity contribution in [2.45, 2.75) is 144 Å². The minimum absolute atomic E-state index is 0.0209. The predicted molar refractivity (Wildman–Crippen MR) is 290 cm³/mol. The Bertz CT molecular complexity index is 2330. The number of fused-ring (bicyclic) bond motifs is 2. The number of nitrogens with zero attached hydrogens (tertiary/aromatic N) is 5. The van der Waals surface area contributed by atoms with Crippen molar-refractivity contribution in [1.82, 2.24) is 19.3 Å². The van der Waals surface area contributed by atoms with Gasteiger partial charge < -0.3 is 15.1 Å². The van der Waals surface area contributed by atoms with E-state index in [-0.39, 0.29) is 33.9 Å². The van der Waals surface area contributed by atoms with Crippen LogP contribution in [0.15, 0.2) is 82.3 Å². The molecule has 4 aliphatic rings. The summed E-state index contributed by atoms with van der Waals surface area (Å²) in [5.41, 5.74) is 8.47. The van der Waals surface area contributed by atoms with E-state index in [1.54, 1.807) is 42.0 Å². The van der Waals surface area contributed by atoms with Gasteiger partial charge in [-0.2, -0.15) is 0 Å². The number of benzene rings is 2. The molecule has 1 amide bonds. The number of ketones is 1. The van der Waals surface area contributed by atoms with Crippen LogP contribution in [-0.4, -0.2) is 104 Å². The van der Waals surface area contributed by atoms with E-state index < -0.39 is 11.6 Å². The number of halogens is 2. The van der Waals surface area contributed by atoms with Crippen LogP contribution < -0.4 is 10.9 Å². The number of pyridine rings is 1. The zero-order valence-electron chi connectivity index (χ0n) is 44.8. The van der Waals surface area contributed by atoms with E-state index in [9.17, 15) is 14.4 Å². The highest BCUT2D eigenvalue weighted by molar-refractivity contribution is 5.99. The van der Waals surface area contributed by atoms with Crippen molar-refractivity contribution in [3.05, 3.63) is 128 Å². The fourth-order valence-electron chi connectivity index (χ4n) is 10.3. The molecule has 9 nitrogen and oxygen atoms in total. The van der Waals surface area contributed by atoms with Gasteiger partial charge in [-0.25, -0.2) is 8.78 Å². The van der Waals surface area contributed by atoms with Crippen LogP contribution in [-0.2, 0) is 23.1 Å². The highest BCUT2D eigenvalue weighted by Crippen LogP contribution is 2.55. The summed E-state index contributed by atoms with van der Waals surface area (Å²) >= 11 is 0. The Morgan fingerprint density at radius 2 is 1.54 bits per heavy atom. The van der Waals surface area contributed by atoms with Crippen LogP contribution in [0.5, 0.6) is 0 Å². The Morgan fingerprint density at radius 1 is 0.929 bits per heavy atom. The molecule has 1 spiro atoms. The highest BCUT2D eigenvalue weighted by atomic mass is 19.1. The lowest BCUT2D eigenvalue weighted by molar-refractivity contribution is -0.119. The third-order valence-electron chi connectivity index (χ3n) is 14.0. The largest absolute Gasteiger partial charge is 0.388 e. The molecule has 2 saturated heterocycles. The van der Waals surface area contributed by atoms with Gasteiger partial charge in [0.1, 0.15) is 17.4 Å². The minimum atomic E-state index is -0.628. The molecule has 70 heavy (non-hydrogen) atoms. The SMILES string of the molecule is C=C(/C=C(\C)CN1CCC(c2c(F)cc(C(=O)N3CCC(CN(CCC)CCC)CC3)cc2F)CC1)/C(=C\C=NC)n1ccc(NC)cc1=O.CC.CCC.CCc1cc2c(cc1C)CC(=O)C21CC1. The lowest BCUT2D eigenvalue weighted by atomic mass is 9.87. The number of piperidine rings is 2. The van der Waals surface area contributed by atoms with Gasteiger partial charge >= 0.3 is 0 Å². The maximum atomic E-state index is 15.5. The standard InChI is InChI=1S/C40H56F2N6O2.C14H16O.C3H8.C2H6/c1-7-16-45(17-8-2)28-31-10-20-47(21-11-31)40(50)33-24-35(41)39(36(42)25-33)32-12-18-46(19-13-32)27-29(3)23-30(4)37(9-15-43-5)48-22-14-34(44-6)26-38(48)49;1-3-10-7-12-11(6-9(10)2)8-13(15)14(12)4-5-14;1-3-2;1-2/h9,14-15,22-26,31-32,44H,4,7-8,10-13,16-21,27-28H2,1-3,5-6H3;6-7H,3-5,8H2,1-2H3;3H2,1-2H3;1-2H3/b29-23+,37-9+,43-15?;;;. The molecule has 2 aromatic carbocycles. The number of amides is 1. The van der Waals surface area contributed by atoms with Gasteiger partial charge in [-0.1, -0.05) is 85.2 Å². The molecule has 384 valence electrons. The molecule has 7 rings (SSSR count). The lowest BCUT2D eigenvalue weighted by Gasteiger charge is -2.35. The molecule has 2 aliphatic carbocycles. The molecule has 1 N–H and O–H groups in total. The topological polar surface area (TPSA) is 90.2 Å². The zero-order chi connectivity index (χ0) is 51.5. The quantitative estimate of drug-likeness (QED) is 0.114. The number of allylic oxidation sites excluding steroid dienone is 4. The first-order valence-electron chi connectivity index (χ1n) is 26.5. The molecular weight excluding hydrogens is 879 g/mol. The van der Waals surface area contributed by atoms with E-state index in [1.807, 2.05) is 32.9 Å². The summed E-state index contributed by atoms with van der Waals surface area (Å²) in [6.45, 7) is 29.7. The van der Waals surface area contributed by atoms with Crippen LogP contribution in [0.1, 0.15) is 157 Å². The molecule has 3 aromatic rings. The average Bonchev–Trinajstić information content (AvgIpc) is 4.11. The van der Waals surface area contributed by atoms with Crippen molar-refractivity contribution in [2.75, 3.05) is 71.8 Å². The van der Waals surface area contributed by atoms with E-state index in [1.165, 1.54) is 46.9 Å². The van der Waals surface area contributed by atoms with Gasteiger partial charge in [-0.05, 0) is 162 Å². The second-order valence-electron chi connectivity index (χ2n) is 19.5. The molecule has 0 unspecified atom stereocenters. The second-order valence-corrected chi connectivity index (χ2v) is 19.5. The molecule has 1 aromatic heterocycles. The van der Waals surface area contributed by atoms with Crippen LogP contribution in [0, 0.1) is 24.5 Å². The maximum absolute atomic E-state index is 15.5. The molecule has 2 aliphatic heterocycles. The fourth-order valence-corrected chi connectivity index (χ4v) is 10.3. The van der Waals surface area contributed by atoms with Crippen LogP contribution in [0.4, 0.5) is 14.5 Å². The number of aliphatic imine (C=N–C) groups is 1. The van der Waals surface area contributed by atoms with Crippen LogP contribution in [0.25, 0.3) is 5.70 Å². The normalized spacial score (nSPS) is 17.1. The van der Waals surface area contributed by atoms with Crippen molar-refractivity contribution in [3.8, 4) is 0 Å². The van der Waals surface area contributed by atoms with Crippen molar-refractivity contribution in [2.24, 2.45) is 10.9 Å². The summed E-state index contributed by atoms with van der Waals surface area (Å²) in [5, 5.41) is 2.98. The van der Waals surface area contributed by atoms with Crippen molar-refractivity contribution >= 4 is 29.3 Å². The number of nitrogens with one attached hydrogen (secondary N) is 1. The van der Waals surface area contributed by atoms with Gasteiger partial charge in [0.15, 0.2) is 0 Å². The smallest absolute Gasteiger partial charge is 0.257 e. The summed E-state index contributed by atoms with van der Waals surface area (Å²) in [4.78, 5) is 48.6. The van der Waals surface area contributed by atoms with Gasteiger partial charge in [0.05, 0.1) is 11.1 Å². The first kappa shape index (κ1) is 57.6. The van der Waals surface area contributed by atoms with E-state index in [0.717, 1.165) is 75.8 Å². The van der Waals surface area contributed by atoms with Crippen molar-refractivity contribution in [3.63, 3.8) is 0 Å². The monoisotopic (exact) mass is 965 g/mol. The van der Waals surface area contributed by atoms with Gasteiger partial charge in [0, 0.05) is 82.0 Å². The number of rotatable bonds is 16. The summed E-state index contributed by atoms with van der Waals surface area (Å²) in [6, 6.07) is 10.4. The number of carbonyl (C=O) groups is 2. The highest BCUT2D eigenvalue weighted by Gasteiger charge is 2.55. The number of hydrogen-bond donors (Lipinski definition) is 1. The fraction of sp³-hybridized carbons (Fsp3) is 0.559. The van der Waals surface area contributed by atoms with Gasteiger partial charge in [-0.3, -0.25) is 28.8 Å². The first-order chi connectivity index (χ1) is 33.7. The Kier molecular flexibility index (Phi) is 23.2. The number of carbonyl (C=O) groups excluding carboxylic acids is 2. The average molecular weight is 965 g/mol. The molecule has 0 bridgehead atoms. The number of hydrogen-bond acceptors (Lipinski definition) is 7. The van der Waals surface area contributed by atoms with E-state index in [0.29, 0.717) is 75.0 Å². The summed E-state index contributed by atoms with van der Waals surface area (Å²) in [6.07, 6.45) is 17.6. The van der Waals surface area contributed by atoms with Crippen molar-refractivity contribution < 1.29 is 18.4 Å². The molecule has 3 heterocycles. The molecule has 0 atom stereocenters. The van der Waals surface area contributed by atoms with Gasteiger partial charge in [0.25, 0.3) is 11.5 Å². The van der Waals surface area contributed by atoms with Gasteiger partial charge in [0.2, 0.25) is 0 Å². The second kappa shape index (κ2) is 28.1. The lowest BCUT2D eigenvalue weighted by Crippen LogP contribution is -2.42. The Balaban J connectivity index is 0.000000439. The predicted octanol–water partition coefficient (Wildman–Crippen LogP) is 12.2. The summed E-state index contributed by atoms with van der Waals surface area (Å²) in [5.74, 6) is -0.793. The maximum Gasteiger partial charge on any atom is 0.257 e. The van der Waals surface area contributed by atoms with E-state index in [2.05, 4.69) is 80.4 Å². The third kappa shape index (κ3) is 15.0. The Morgan fingerprint density at radius 3 is 2.07 bits per heavy atom. The summed E-state index contributed by atoms with van der Waals surface area (Å²) in [7, 11) is 3.43. The van der Waals surface area contributed by atoms with E-state index in [4.69, 9.17) is 0 Å². The van der Waals surface area contributed by atoms with Crippen LogP contribution in [0.2, 0.25) is 0 Å². The zero-order valence-corrected chi connectivity index (χ0v) is 44.8. The van der Waals surface area contributed by atoms with Crippen LogP contribution in [0.3, 0.4) is 0 Å². The number of anilines is 1. The van der Waals surface area contributed by atoms with Crippen molar-refractivity contribution in [1.29, 1.82) is 0 Å². The number of likely N-dealkylation sites (tertiary alicyclic amines) is 2. The first-order valence-corrected chi connectivity index (χ1v) is 26.5. The van der Waals surface area contributed by atoms with Gasteiger partial charge in [-0.15, -0.1) is 0 Å². The Labute approximate surface area is 420 Å². The van der Waals surface area contributed by atoms with E-state index >= 15 is 8.78 Å². The molecule has 1 saturated carbocycles. The Hall–Kier alpha value is -5.00. The third-order valence-corrected chi connectivity index (χ3v) is 14.0. The van der Waals surface area contributed by atoms with Crippen LogP contribution >= 0.6 is 0 Å². The summed E-state index contributed by atoms with van der Waals surface area (Å²) < 4.78 is 32.6. The number of aromatic nitrogens is 1. The molecule has 0 radical (unpaired) electrons. The number of aryl methyl sites for hydroxylation is 2. The molecule has 3 fully saturated rings.